The molecule has 0 spiro atoms. The fourth-order valence-electron chi connectivity index (χ4n) is 2.16. The number of aliphatic hydroxyl groups is 2. The van der Waals surface area contributed by atoms with Crippen molar-refractivity contribution in [3.8, 4) is 0 Å². The maximum Gasteiger partial charge on any atom is 0.335 e. The standard InChI is InChI=1S/C8H17NO2.C7H6O2/c10-8(11)6-9-7-4-2-1-3-5-7;8-7(9)6-4-2-1-3-5-6/h7-11H,1-6H2;1-5H,(H,8,9). The summed E-state index contributed by atoms with van der Waals surface area (Å²) in [5.74, 6) is -0.879. The lowest BCUT2D eigenvalue weighted by atomic mass is 9.95. The first-order valence-electron chi connectivity index (χ1n) is 6.97. The molecule has 1 aromatic rings. The van der Waals surface area contributed by atoms with Crippen LogP contribution in [0.2, 0.25) is 0 Å². The molecule has 0 radical (unpaired) electrons. The highest BCUT2D eigenvalue weighted by Crippen LogP contribution is 2.16. The molecule has 0 aliphatic heterocycles. The van der Waals surface area contributed by atoms with Crippen molar-refractivity contribution in [1.82, 2.24) is 5.32 Å². The number of carbonyl (C=O) groups is 1. The van der Waals surface area contributed by atoms with Crippen molar-refractivity contribution in [2.45, 2.75) is 44.4 Å². The second-order valence-corrected chi connectivity index (χ2v) is 4.89. The van der Waals surface area contributed by atoms with Gasteiger partial charge < -0.3 is 20.6 Å². The number of carboxylic acids is 1. The Hall–Kier alpha value is -1.43. The minimum Gasteiger partial charge on any atom is -0.478 e. The molecule has 20 heavy (non-hydrogen) atoms. The molecule has 0 saturated heterocycles. The van der Waals surface area contributed by atoms with Crippen LogP contribution in [0.15, 0.2) is 30.3 Å². The molecule has 0 unspecified atom stereocenters. The molecule has 5 heteroatoms. The first-order valence-corrected chi connectivity index (χ1v) is 6.97. The molecule has 1 aliphatic rings. The molecule has 5 nitrogen and oxygen atoms in total. The number of benzene rings is 1. The van der Waals surface area contributed by atoms with E-state index in [1.807, 2.05) is 0 Å². The molecule has 0 heterocycles. The normalized spacial score (nSPS) is 15.6. The third-order valence-corrected chi connectivity index (χ3v) is 3.22. The van der Waals surface area contributed by atoms with Crippen LogP contribution in [-0.2, 0) is 0 Å². The Morgan fingerprint density at radius 2 is 1.75 bits per heavy atom. The second kappa shape index (κ2) is 9.47. The van der Waals surface area contributed by atoms with Crippen LogP contribution in [0.1, 0.15) is 42.5 Å². The van der Waals surface area contributed by atoms with Gasteiger partial charge in [-0.3, -0.25) is 0 Å². The van der Waals surface area contributed by atoms with E-state index in [9.17, 15) is 4.79 Å². The van der Waals surface area contributed by atoms with Crippen LogP contribution in [0, 0.1) is 0 Å². The van der Waals surface area contributed by atoms with Crippen LogP contribution < -0.4 is 5.32 Å². The fourth-order valence-corrected chi connectivity index (χ4v) is 2.16. The van der Waals surface area contributed by atoms with Crippen LogP contribution in [-0.4, -0.2) is 40.2 Å². The molecule has 1 aromatic carbocycles. The number of nitrogens with one attached hydrogen (secondary N) is 1. The average Bonchev–Trinajstić information content (AvgIpc) is 2.48. The molecule has 1 saturated carbocycles. The summed E-state index contributed by atoms with van der Waals surface area (Å²) < 4.78 is 0. The molecule has 0 atom stereocenters. The number of carboxylic acid groups (broad SMARTS) is 1. The highest BCUT2D eigenvalue weighted by atomic mass is 16.5. The second-order valence-electron chi connectivity index (χ2n) is 4.89. The molecular formula is C15H23NO4. The van der Waals surface area contributed by atoms with Crippen LogP contribution in [0.3, 0.4) is 0 Å². The minimum absolute atomic E-state index is 0.310. The summed E-state index contributed by atoms with van der Waals surface area (Å²) in [5.41, 5.74) is 0.331. The monoisotopic (exact) mass is 281 g/mol. The quantitative estimate of drug-likeness (QED) is 0.630. The number of hydrogen-bond donors (Lipinski definition) is 4. The van der Waals surface area contributed by atoms with Crippen molar-refractivity contribution >= 4 is 5.97 Å². The molecule has 1 fully saturated rings. The SMILES string of the molecule is O=C(O)c1ccccc1.OC(O)CNC1CCCCC1. The van der Waals surface area contributed by atoms with Crippen LogP contribution in [0.4, 0.5) is 0 Å². The van der Waals surface area contributed by atoms with Gasteiger partial charge in [-0.25, -0.2) is 4.79 Å². The topological polar surface area (TPSA) is 89.8 Å². The van der Waals surface area contributed by atoms with E-state index in [0.717, 1.165) is 0 Å². The first kappa shape index (κ1) is 16.6. The van der Waals surface area contributed by atoms with Crippen molar-refractivity contribution < 1.29 is 20.1 Å². The third-order valence-electron chi connectivity index (χ3n) is 3.22. The molecule has 1 aliphatic carbocycles. The van der Waals surface area contributed by atoms with Gasteiger partial charge in [0.25, 0.3) is 0 Å². The summed E-state index contributed by atoms with van der Waals surface area (Å²) in [7, 11) is 0. The summed E-state index contributed by atoms with van der Waals surface area (Å²) in [5, 5.41) is 28.7. The van der Waals surface area contributed by atoms with Crippen LogP contribution in [0.25, 0.3) is 0 Å². The van der Waals surface area contributed by atoms with E-state index in [1.54, 1.807) is 30.3 Å². The molecule has 0 bridgehead atoms. The number of rotatable bonds is 4. The molecule has 4 N–H and O–H groups in total. The van der Waals surface area contributed by atoms with E-state index >= 15 is 0 Å². The smallest absolute Gasteiger partial charge is 0.335 e. The van der Waals surface area contributed by atoms with Crippen molar-refractivity contribution in [2.75, 3.05) is 6.54 Å². The summed E-state index contributed by atoms with van der Waals surface area (Å²) in [6.45, 7) is 0.310. The Bertz CT molecular complexity index is 375. The zero-order chi connectivity index (χ0) is 14.8. The average molecular weight is 281 g/mol. The lowest BCUT2D eigenvalue weighted by Crippen LogP contribution is -2.36. The Morgan fingerprint density at radius 3 is 2.20 bits per heavy atom. The number of hydrogen-bond acceptors (Lipinski definition) is 4. The van der Waals surface area contributed by atoms with Gasteiger partial charge in [0.1, 0.15) is 0 Å². The van der Waals surface area contributed by atoms with Crippen molar-refractivity contribution in [2.24, 2.45) is 0 Å². The van der Waals surface area contributed by atoms with Crippen LogP contribution in [0.5, 0.6) is 0 Å². The summed E-state index contributed by atoms with van der Waals surface area (Å²) in [4.78, 5) is 10.2. The first-order chi connectivity index (χ1) is 9.59. The van der Waals surface area contributed by atoms with Gasteiger partial charge in [-0.1, -0.05) is 37.5 Å². The Balaban J connectivity index is 0.000000204. The lowest BCUT2D eigenvalue weighted by Gasteiger charge is -2.23. The van der Waals surface area contributed by atoms with E-state index in [2.05, 4.69) is 5.32 Å². The van der Waals surface area contributed by atoms with Gasteiger partial charge in [0.05, 0.1) is 5.56 Å². The zero-order valence-corrected chi connectivity index (χ0v) is 11.5. The Labute approximate surface area is 119 Å². The number of aromatic carboxylic acids is 1. The van der Waals surface area contributed by atoms with Gasteiger partial charge >= 0.3 is 5.97 Å². The largest absolute Gasteiger partial charge is 0.478 e. The van der Waals surface area contributed by atoms with E-state index in [1.165, 1.54) is 32.1 Å². The predicted octanol–water partition coefficient (Wildman–Crippen LogP) is 1.60. The zero-order valence-electron chi connectivity index (χ0n) is 11.5. The van der Waals surface area contributed by atoms with Gasteiger partial charge in [-0.15, -0.1) is 0 Å². The minimum atomic E-state index is -1.20. The van der Waals surface area contributed by atoms with E-state index < -0.39 is 12.3 Å². The van der Waals surface area contributed by atoms with E-state index in [-0.39, 0.29) is 0 Å². The Kier molecular flexibility index (Phi) is 7.87. The maximum atomic E-state index is 10.2. The van der Waals surface area contributed by atoms with E-state index in [0.29, 0.717) is 18.2 Å². The van der Waals surface area contributed by atoms with Crippen molar-refractivity contribution in [1.29, 1.82) is 0 Å². The van der Waals surface area contributed by atoms with Gasteiger partial charge in [-0.05, 0) is 25.0 Å². The summed E-state index contributed by atoms with van der Waals surface area (Å²) in [6.07, 6.45) is 5.06. The highest BCUT2D eigenvalue weighted by Gasteiger charge is 2.12. The Morgan fingerprint density at radius 1 is 1.15 bits per heavy atom. The fraction of sp³-hybridized carbons (Fsp3) is 0.533. The summed E-state index contributed by atoms with van der Waals surface area (Å²) >= 11 is 0. The third kappa shape index (κ3) is 7.23. The predicted molar refractivity (Wildman–Crippen MR) is 76.5 cm³/mol. The van der Waals surface area contributed by atoms with E-state index in [4.69, 9.17) is 15.3 Å². The van der Waals surface area contributed by atoms with Crippen molar-refractivity contribution in [3.63, 3.8) is 0 Å². The number of aliphatic hydroxyl groups excluding tert-OH is 1. The van der Waals surface area contributed by atoms with Gasteiger partial charge in [0.15, 0.2) is 6.29 Å². The van der Waals surface area contributed by atoms with Gasteiger partial charge in [0, 0.05) is 12.6 Å². The lowest BCUT2D eigenvalue weighted by molar-refractivity contribution is -0.0394. The van der Waals surface area contributed by atoms with Gasteiger partial charge in [0.2, 0.25) is 0 Å². The van der Waals surface area contributed by atoms with Crippen molar-refractivity contribution in [3.05, 3.63) is 35.9 Å². The molecular weight excluding hydrogens is 258 g/mol. The maximum absolute atomic E-state index is 10.2. The summed E-state index contributed by atoms with van der Waals surface area (Å²) in [6, 6.07) is 8.81. The highest BCUT2D eigenvalue weighted by molar-refractivity contribution is 5.87. The molecule has 0 amide bonds. The van der Waals surface area contributed by atoms with Crippen LogP contribution >= 0.6 is 0 Å². The molecule has 0 aromatic heterocycles. The molecule has 2 rings (SSSR count). The molecule has 112 valence electrons. The van der Waals surface area contributed by atoms with Gasteiger partial charge in [-0.2, -0.15) is 0 Å².